The Morgan fingerprint density at radius 3 is 2.64 bits per heavy atom. The van der Waals surface area contributed by atoms with Crippen LogP contribution in [0, 0.1) is 5.92 Å². The summed E-state index contributed by atoms with van der Waals surface area (Å²) in [4.78, 5) is 2.23. The Labute approximate surface area is 87.5 Å². The summed E-state index contributed by atoms with van der Waals surface area (Å²) in [5, 5.41) is 12.6. The lowest BCUT2D eigenvalue weighted by Crippen LogP contribution is -2.32. The molecule has 3 heteroatoms. The fraction of sp³-hybridized carbons (Fsp3) is 1.00. The molecule has 0 aromatic carbocycles. The number of aliphatic hydroxyl groups excluding tert-OH is 1. The maximum absolute atomic E-state index is 9.21. The van der Waals surface area contributed by atoms with Crippen LogP contribution in [-0.4, -0.2) is 49.3 Å². The molecule has 0 radical (unpaired) electrons. The van der Waals surface area contributed by atoms with Crippen molar-refractivity contribution >= 4 is 0 Å². The van der Waals surface area contributed by atoms with Gasteiger partial charge in [-0.15, -0.1) is 0 Å². The number of nitrogens with zero attached hydrogens (tertiary/aromatic N) is 1. The molecule has 1 saturated heterocycles. The zero-order valence-corrected chi connectivity index (χ0v) is 9.50. The molecule has 1 fully saturated rings. The Balaban J connectivity index is 2.06. The summed E-state index contributed by atoms with van der Waals surface area (Å²) in [5.41, 5.74) is 0. The van der Waals surface area contributed by atoms with Crippen LogP contribution in [0.5, 0.6) is 0 Å². The largest absolute Gasteiger partial charge is 0.392 e. The lowest BCUT2D eigenvalue weighted by Gasteiger charge is -2.25. The van der Waals surface area contributed by atoms with Crippen LogP contribution in [0.4, 0.5) is 0 Å². The number of aliphatic hydroxyl groups is 1. The lowest BCUT2D eigenvalue weighted by molar-refractivity contribution is 0.136. The third kappa shape index (κ3) is 4.94. The maximum atomic E-state index is 9.21. The molecule has 0 aromatic rings. The van der Waals surface area contributed by atoms with E-state index in [9.17, 15) is 5.11 Å². The zero-order valence-electron chi connectivity index (χ0n) is 9.50. The molecule has 1 aliphatic heterocycles. The normalized spacial score (nSPS) is 21.4. The first-order chi connectivity index (χ1) is 6.68. The summed E-state index contributed by atoms with van der Waals surface area (Å²) in [5.74, 6) is 0.896. The molecule has 0 spiro atoms. The van der Waals surface area contributed by atoms with Crippen LogP contribution in [0.1, 0.15) is 26.2 Å². The van der Waals surface area contributed by atoms with Crippen LogP contribution in [0.15, 0.2) is 0 Å². The van der Waals surface area contributed by atoms with Crippen molar-refractivity contribution in [3.8, 4) is 0 Å². The van der Waals surface area contributed by atoms with Crippen molar-refractivity contribution in [1.82, 2.24) is 10.2 Å². The van der Waals surface area contributed by atoms with Gasteiger partial charge >= 0.3 is 0 Å². The minimum atomic E-state index is -0.201. The summed E-state index contributed by atoms with van der Waals surface area (Å²) in [6.07, 6.45) is 3.73. The first kappa shape index (κ1) is 12.0. The number of hydrogen-bond acceptors (Lipinski definition) is 3. The molecule has 2 N–H and O–H groups in total. The van der Waals surface area contributed by atoms with Crippen LogP contribution in [0.25, 0.3) is 0 Å². The van der Waals surface area contributed by atoms with Crippen LogP contribution < -0.4 is 5.32 Å². The molecule has 0 bridgehead atoms. The topological polar surface area (TPSA) is 35.5 Å². The van der Waals surface area contributed by atoms with E-state index in [1.165, 1.54) is 32.4 Å². The summed E-state index contributed by atoms with van der Waals surface area (Å²) < 4.78 is 0. The molecule has 1 rings (SSSR count). The highest BCUT2D eigenvalue weighted by molar-refractivity contribution is 4.70. The van der Waals surface area contributed by atoms with E-state index in [4.69, 9.17) is 0 Å². The second-order valence-corrected chi connectivity index (χ2v) is 4.59. The predicted octanol–water partition coefficient (Wildman–Crippen LogP) is 0.689. The third-order valence-corrected chi connectivity index (χ3v) is 2.95. The highest BCUT2D eigenvalue weighted by Gasteiger charge is 2.13. The van der Waals surface area contributed by atoms with Gasteiger partial charge in [0.05, 0.1) is 6.10 Å². The molecule has 0 aromatic heterocycles. The Hall–Kier alpha value is -0.120. The van der Waals surface area contributed by atoms with Crippen molar-refractivity contribution in [2.24, 2.45) is 5.92 Å². The van der Waals surface area contributed by atoms with Gasteiger partial charge in [0.2, 0.25) is 0 Å². The van der Waals surface area contributed by atoms with E-state index >= 15 is 0 Å². The van der Waals surface area contributed by atoms with Crippen molar-refractivity contribution in [1.29, 1.82) is 0 Å². The summed E-state index contributed by atoms with van der Waals surface area (Å²) in [6.45, 7) is 6.14. The van der Waals surface area contributed by atoms with Crippen molar-refractivity contribution < 1.29 is 5.11 Å². The summed E-state index contributed by atoms with van der Waals surface area (Å²) >= 11 is 0. The average Bonchev–Trinajstić information content (AvgIpc) is 2.15. The van der Waals surface area contributed by atoms with Crippen molar-refractivity contribution in [2.75, 3.05) is 33.2 Å². The van der Waals surface area contributed by atoms with Gasteiger partial charge < -0.3 is 15.3 Å². The van der Waals surface area contributed by atoms with Gasteiger partial charge in [0, 0.05) is 6.54 Å². The SMILES string of the molecule is CC(O)CN(C)CCC1CCNCC1. The first-order valence-electron chi connectivity index (χ1n) is 5.76. The van der Waals surface area contributed by atoms with E-state index in [0.29, 0.717) is 0 Å². The van der Waals surface area contributed by atoms with Crippen LogP contribution in [0.2, 0.25) is 0 Å². The molecule has 14 heavy (non-hydrogen) atoms. The lowest BCUT2D eigenvalue weighted by atomic mass is 9.94. The fourth-order valence-corrected chi connectivity index (χ4v) is 2.12. The summed E-state index contributed by atoms with van der Waals surface area (Å²) in [7, 11) is 2.09. The van der Waals surface area contributed by atoms with Crippen LogP contribution in [0.3, 0.4) is 0 Å². The zero-order chi connectivity index (χ0) is 10.4. The van der Waals surface area contributed by atoms with E-state index < -0.39 is 0 Å². The smallest absolute Gasteiger partial charge is 0.0638 e. The molecular formula is C11H24N2O. The maximum Gasteiger partial charge on any atom is 0.0638 e. The Morgan fingerprint density at radius 1 is 1.43 bits per heavy atom. The fourth-order valence-electron chi connectivity index (χ4n) is 2.12. The first-order valence-corrected chi connectivity index (χ1v) is 5.76. The number of rotatable bonds is 5. The molecule has 1 heterocycles. The molecular weight excluding hydrogens is 176 g/mol. The van der Waals surface area contributed by atoms with Gasteiger partial charge in [-0.05, 0) is 58.8 Å². The second-order valence-electron chi connectivity index (χ2n) is 4.59. The minimum Gasteiger partial charge on any atom is -0.392 e. The Kier molecular flexibility index (Phi) is 5.45. The monoisotopic (exact) mass is 200 g/mol. The Bertz CT molecular complexity index is 144. The van der Waals surface area contributed by atoms with Gasteiger partial charge in [0.25, 0.3) is 0 Å². The highest BCUT2D eigenvalue weighted by Crippen LogP contribution is 2.15. The van der Waals surface area contributed by atoms with Gasteiger partial charge in [-0.2, -0.15) is 0 Å². The van der Waals surface area contributed by atoms with Gasteiger partial charge in [-0.25, -0.2) is 0 Å². The molecule has 1 atom stereocenters. The second kappa shape index (κ2) is 6.38. The van der Waals surface area contributed by atoms with Gasteiger partial charge in [0.15, 0.2) is 0 Å². The van der Waals surface area contributed by atoms with E-state index in [1.807, 2.05) is 6.92 Å². The standard InChI is InChI=1S/C11H24N2O/c1-10(14)9-13(2)8-5-11-3-6-12-7-4-11/h10-12,14H,3-9H2,1-2H3. The highest BCUT2D eigenvalue weighted by atomic mass is 16.3. The van der Waals surface area contributed by atoms with E-state index in [-0.39, 0.29) is 6.10 Å². The van der Waals surface area contributed by atoms with Gasteiger partial charge in [-0.3, -0.25) is 0 Å². The van der Waals surface area contributed by atoms with Crippen molar-refractivity contribution in [3.63, 3.8) is 0 Å². The molecule has 0 saturated carbocycles. The number of nitrogens with one attached hydrogen (secondary N) is 1. The molecule has 1 aliphatic rings. The molecule has 84 valence electrons. The average molecular weight is 200 g/mol. The molecule has 3 nitrogen and oxygen atoms in total. The quantitative estimate of drug-likeness (QED) is 0.685. The minimum absolute atomic E-state index is 0.201. The van der Waals surface area contributed by atoms with Gasteiger partial charge in [-0.1, -0.05) is 0 Å². The van der Waals surface area contributed by atoms with E-state index in [1.54, 1.807) is 0 Å². The van der Waals surface area contributed by atoms with Crippen molar-refractivity contribution in [2.45, 2.75) is 32.3 Å². The van der Waals surface area contributed by atoms with Crippen molar-refractivity contribution in [3.05, 3.63) is 0 Å². The van der Waals surface area contributed by atoms with E-state index in [2.05, 4.69) is 17.3 Å². The summed E-state index contributed by atoms with van der Waals surface area (Å²) in [6, 6.07) is 0. The third-order valence-electron chi connectivity index (χ3n) is 2.95. The van der Waals surface area contributed by atoms with Gasteiger partial charge in [0.1, 0.15) is 0 Å². The molecule has 0 amide bonds. The number of likely N-dealkylation sites (N-methyl/N-ethyl adjacent to an activating group) is 1. The Morgan fingerprint density at radius 2 is 2.07 bits per heavy atom. The predicted molar refractivity (Wildman–Crippen MR) is 59.4 cm³/mol. The van der Waals surface area contributed by atoms with Crippen LogP contribution >= 0.6 is 0 Å². The van der Waals surface area contributed by atoms with E-state index in [0.717, 1.165) is 19.0 Å². The molecule has 0 aliphatic carbocycles. The number of hydrogen-bond donors (Lipinski definition) is 2. The molecule has 1 unspecified atom stereocenters. The number of piperidine rings is 1. The van der Waals surface area contributed by atoms with Crippen LogP contribution in [-0.2, 0) is 0 Å².